The molecule has 0 aliphatic rings. The predicted molar refractivity (Wildman–Crippen MR) is 89.2 cm³/mol. The Balaban J connectivity index is 3.08. The third-order valence-electron chi connectivity index (χ3n) is 3.38. The van der Waals surface area contributed by atoms with Crippen LogP contribution in [0.4, 0.5) is 0 Å². The molecule has 4 nitrogen and oxygen atoms in total. The summed E-state index contributed by atoms with van der Waals surface area (Å²) in [6.07, 6.45) is 3.08. The molecule has 0 aliphatic carbocycles. The molecule has 22 heavy (non-hydrogen) atoms. The Labute approximate surface area is 133 Å². The Kier molecular flexibility index (Phi) is 6.97. The zero-order chi connectivity index (χ0) is 16.8. The van der Waals surface area contributed by atoms with Crippen LogP contribution < -0.4 is 0 Å². The van der Waals surface area contributed by atoms with E-state index in [1.165, 1.54) is 4.31 Å². The van der Waals surface area contributed by atoms with Crippen LogP contribution in [0, 0.1) is 12.8 Å². The molecule has 1 aromatic carbocycles. The summed E-state index contributed by atoms with van der Waals surface area (Å²) in [5.41, 5.74) is 2.08. The lowest BCUT2D eigenvalue weighted by Crippen LogP contribution is -2.35. The maximum atomic E-state index is 12.8. The molecule has 1 aromatic rings. The number of nitrogens with zero attached hydrogens (tertiary/aromatic N) is 1. The number of aryl methyl sites for hydroxylation is 1. The van der Waals surface area contributed by atoms with Crippen LogP contribution in [0.25, 0.3) is 0 Å². The molecule has 122 valence electrons. The van der Waals surface area contributed by atoms with Crippen LogP contribution in [0.2, 0.25) is 0 Å². The van der Waals surface area contributed by atoms with E-state index in [1.807, 2.05) is 33.8 Å². The van der Waals surface area contributed by atoms with E-state index in [-0.39, 0.29) is 5.92 Å². The molecule has 0 spiro atoms. The normalized spacial score (nSPS) is 13.0. The summed E-state index contributed by atoms with van der Waals surface area (Å²) in [6.45, 7) is 8.33. The third kappa shape index (κ3) is 5.39. The van der Waals surface area contributed by atoms with E-state index in [9.17, 15) is 13.2 Å². The van der Waals surface area contributed by atoms with E-state index in [0.29, 0.717) is 24.4 Å². The van der Waals surface area contributed by atoms with E-state index >= 15 is 0 Å². The number of carbonyl (C=O) groups is 1. The second kappa shape index (κ2) is 8.25. The van der Waals surface area contributed by atoms with Crippen LogP contribution in [-0.4, -0.2) is 32.1 Å². The fourth-order valence-corrected chi connectivity index (χ4v) is 3.50. The average Bonchev–Trinajstić information content (AvgIpc) is 2.43. The van der Waals surface area contributed by atoms with Crippen molar-refractivity contribution in [2.75, 3.05) is 13.1 Å². The number of hydrogen-bond donors (Lipinski definition) is 0. The molecule has 0 N–H and O–H groups in total. The fourth-order valence-electron chi connectivity index (χ4n) is 2.00. The SMILES string of the molecule is CC(C)=CCN(C[C@H](C)CC=O)S(=O)(=O)c1ccc(C)cc1. The molecule has 5 heteroatoms. The molecule has 1 rings (SSSR count). The van der Waals surface area contributed by atoms with Crippen molar-refractivity contribution in [3.8, 4) is 0 Å². The number of hydrogen-bond acceptors (Lipinski definition) is 3. The minimum Gasteiger partial charge on any atom is -0.303 e. The fraction of sp³-hybridized carbons (Fsp3) is 0.471. The molecule has 0 aliphatic heterocycles. The maximum absolute atomic E-state index is 12.8. The van der Waals surface area contributed by atoms with Gasteiger partial charge >= 0.3 is 0 Å². The van der Waals surface area contributed by atoms with Gasteiger partial charge in [-0.05, 0) is 38.8 Å². The van der Waals surface area contributed by atoms with Crippen LogP contribution in [0.5, 0.6) is 0 Å². The van der Waals surface area contributed by atoms with Gasteiger partial charge in [-0.2, -0.15) is 4.31 Å². The van der Waals surface area contributed by atoms with Gasteiger partial charge in [0.1, 0.15) is 6.29 Å². The van der Waals surface area contributed by atoms with Gasteiger partial charge in [-0.15, -0.1) is 0 Å². The molecule has 1 atom stereocenters. The van der Waals surface area contributed by atoms with E-state index in [0.717, 1.165) is 17.4 Å². The first-order valence-corrected chi connectivity index (χ1v) is 8.85. The van der Waals surface area contributed by atoms with Gasteiger partial charge in [0, 0.05) is 19.5 Å². The van der Waals surface area contributed by atoms with Crippen LogP contribution in [-0.2, 0) is 14.8 Å². The number of carbonyl (C=O) groups excluding carboxylic acids is 1. The Bertz CT molecular complexity index is 614. The van der Waals surface area contributed by atoms with Crippen molar-refractivity contribution in [3.63, 3.8) is 0 Å². The predicted octanol–water partition coefficient (Wildman–Crippen LogP) is 3.18. The minimum atomic E-state index is -3.55. The van der Waals surface area contributed by atoms with Gasteiger partial charge in [0.2, 0.25) is 10.0 Å². The quantitative estimate of drug-likeness (QED) is 0.545. The minimum absolute atomic E-state index is 0.0108. The third-order valence-corrected chi connectivity index (χ3v) is 5.22. The van der Waals surface area contributed by atoms with Gasteiger partial charge in [-0.1, -0.05) is 36.3 Å². The molecular weight excluding hydrogens is 298 g/mol. The zero-order valence-corrected chi connectivity index (χ0v) is 14.6. The highest BCUT2D eigenvalue weighted by Gasteiger charge is 2.25. The lowest BCUT2D eigenvalue weighted by Gasteiger charge is -2.24. The first-order valence-electron chi connectivity index (χ1n) is 7.41. The summed E-state index contributed by atoms with van der Waals surface area (Å²) in [5.74, 6) is -0.0108. The second-order valence-electron chi connectivity index (χ2n) is 5.92. The Hall–Kier alpha value is -1.46. The summed E-state index contributed by atoms with van der Waals surface area (Å²) in [5, 5.41) is 0. The number of allylic oxidation sites excluding steroid dienone is 1. The molecule has 0 fully saturated rings. The molecule has 0 bridgehead atoms. The molecule has 0 saturated heterocycles. The van der Waals surface area contributed by atoms with Crippen LogP contribution >= 0.6 is 0 Å². The Morgan fingerprint density at radius 3 is 2.32 bits per heavy atom. The molecule has 0 aromatic heterocycles. The highest BCUT2D eigenvalue weighted by Crippen LogP contribution is 2.18. The van der Waals surface area contributed by atoms with Gasteiger partial charge in [0.25, 0.3) is 0 Å². The van der Waals surface area contributed by atoms with Gasteiger partial charge in [-0.25, -0.2) is 8.42 Å². The summed E-state index contributed by atoms with van der Waals surface area (Å²) in [7, 11) is -3.55. The molecule has 0 amide bonds. The summed E-state index contributed by atoms with van der Waals surface area (Å²) < 4.78 is 27.1. The van der Waals surface area contributed by atoms with Crippen molar-refractivity contribution < 1.29 is 13.2 Å². The average molecular weight is 323 g/mol. The van der Waals surface area contributed by atoms with Crippen molar-refractivity contribution in [1.29, 1.82) is 0 Å². The lowest BCUT2D eigenvalue weighted by molar-refractivity contribution is -0.108. The van der Waals surface area contributed by atoms with Crippen molar-refractivity contribution in [2.45, 2.75) is 39.0 Å². The summed E-state index contributed by atoms with van der Waals surface area (Å²) >= 11 is 0. The maximum Gasteiger partial charge on any atom is 0.243 e. The smallest absolute Gasteiger partial charge is 0.243 e. The molecule has 0 saturated carbocycles. The van der Waals surface area contributed by atoms with Gasteiger partial charge < -0.3 is 4.79 Å². The van der Waals surface area contributed by atoms with Crippen LogP contribution in [0.1, 0.15) is 32.8 Å². The molecule has 0 radical (unpaired) electrons. The Morgan fingerprint density at radius 2 is 1.82 bits per heavy atom. The van der Waals surface area contributed by atoms with E-state index in [4.69, 9.17) is 0 Å². The number of rotatable bonds is 8. The van der Waals surface area contributed by atoms with Crippen molar-refractivity contribution in [2.24, 2.45) is 5.92 Å². The van der Waals surface area contributed by atoms with Crippen LogP contribution in [0.3, 0.4) is 0 Å². The molecule has 0 unspecified atom stereocenters. The van der Waals surface area contributed by atoms with Gasteiger partial charge in [-0.3, -0.25) is 0 Å². The first kappa shape index (κ1) is 18.6. The summed E-state index contributed by atoms with van der Waals surface area (Å²) in [4.78, 5) is 10.9. The monoisotopic (exact) mass is 323 g/mol. The van der Waals surface area contributed by atoms with E-state index in [2.05, 4.69) is 0 Å². The highest BCUT2D eigenvalue weighted by atomic mass is 32.2. The van der Waals surface area contributed by atoms with Crippen molar-refractivity contribution in [3.05, 3.63) is 41.5 Å². The van der Waals surface area contributed by atoms with Gasteiger partial charge in [0.05, 0.1) is 4.90 Å². The van der Waals surface area contributed by atoms with Crippen molar-refractivity contribution >= 4 is 16.3 Å². The van der Waals surface area contributed by atoms with E-state index in [1.54, 1.807) is 24.3 Å². The van der Waals surface area contributed by atoms with Crippen molar-refractivity contribution in [1.82, 2.24) is 4.31 Å². The number of benzene rings is 1. The number of sulfonamides is 1. The largest absolute Gasteiger partial charge is 0.303 e. The van der Waals surface area contributed by atoms with Gasteiger partial charge in [0.15, 0.2) is 0 Å². The lowest BCUT2D eigenvalue weighted by atomic mass is 10.1. The summed E-state index contributed by atoms with van der Waals surface area (Å²) in [6, 6.07) is 6.84. The molecule has 0 heterocycles. The standard InChI is InChI=1S/C17H25NO3S/c1-14(2)9-11-18(13-16(4)10-12-19)22(20,21)17-7-5-15(3)6-8-17/h5-9,12,16H,10-11,13H2,1-4H3/t16-/m1/s1. The zero-order valence-electron chi connectivity index (χ0n) is 13.7. The number of aldehydes is 1. The first-order chi connectivity index (χ1) is 10.3. The van der Waals surface area contributed by atoms with E-state index < -0.39 is 10.0 Å². The molecular formula is C17H25NO3S. The van der Waals surface area contributed by atoms with Crippen LogP contribution in [0.15, 0.2) is 40.8 Å². The topological polar surface area (TPSA) is 54.5 Å². The highest BCUT2D eigenvalue weighted by molar-refractivity contribution is 7.89. The second-order valence-corrected chi connectivity index (χ2v) is 7.86. The Morgan fingerprint density at radius 1 is 1.23 bits per heavy atom.